The van der Waals surface area contributed by atoms with Gasteiger partial charge >= 0.3 is 0 Å². The summed E-state index contributed by atoms with van der Waals surface area (Å²) in [5.74, 6) is 8.56. The highest BCUT2D eigenvalue weighted by Gasteiger charge is 2.41. The number of hydrogen-bond donors (Lipinski definition) is 1. The van der Waals surface area contributed by atoms with Gasteiger partial charge in [0.2, 0.25) is 5.91 Å². The molecule has 1 N–H and O–H groups in total. The Morgan fingerprint density at radius 1 is 1.21 bits per heavy atom. The number of rotatable bonds is 3. The van der Waals surface area contributed by atoms with Crippen LogP contribution < -0.4 is 0 Å². The normalized spacial score (nSPS) is 20.2. The van der Waals surface area contributed by atoms with Crippen LogP contribution in [0.2, 0.25) is 5.02 Å². The lowest BCUT2D eigenvalue weighted by Crippen LogP contribution is -2.61. The molecule has 0 aliphatic carbocycles. The quantitative estimate of drug-likeness (QED) is 0.481. The summed E-state index contributed by atoms with van der Waals surface area (Å²) in [6, 6.07) is 7.09. The molecule has 8 nitrogen and oxygen atoms in total. The number of ether oxygens (including phenoxy) is 1. The SMILES string of the molecule is Cc1c(C#CC2CCOCC2)sc2c1C(c1ccc(Cl)cc1)=N[C@@H](CC(=O)N1CC(C)(O)C1)c1nnc(C)n1-2. The Hall–Kier alpha value is -3.03. The van der Waals surface area contributed by atoms with Crippen LogP contribution in [0.5, 0.6) is 0 Å². The maximum atomic E-state index is 13.2. The maximum absolute atomic E-state index is 13.2. The van der Waals surface area contributed by atoms with Crippen molar-refractivity contribution in [2.24, 2.45) is 10.9 Å². The summed E-state index contributed by atoms with van der Waals surface area (Å²) < 4.78 is 7.53. The van der Waals surface area contributed by atoms with Crippen molar-refractivity contribution in [2.75, 3.05) is 26.3 Å². The molecule has 0 unspecified atom stereocenters. The number of carbonyl (C=O) groups excluding carboxylic acids is 1. The molecule has 0 bridgehead atoms. The number of hydrogen-bond acceptors (Lipinski definition) is 7. The van der Waals surface area contributed by atoms with Gasteiger partial charge in [0.25, 0.3) is 0 Å². The fraction of sp³-hybridized carbons (Fsp3) is 0.448. The summed E-state index contributed by atoms with van der Waals surface area (Å²) in [7, 11) is 0. The molecular formula is C29H30ClN5O3S. The molecule has 6 rings (SSSR count). The van der Waals surface area contributed by atoms with Gasteiger partial charge in [-0.1, -0.05) is 35.6 Å². The minimum absolute atomic E-state index is 0.0667. The average Bonchev–Trinajstić information content (AvgIpc) is 3.39. The average molecular weight is 564 g/mol. The molecule has 0 spiro atoms. The first kappa shape index (κ1) is 26.2. The number of thiophene rings is 1. The first-order chi connectivity index (χ1) is 18.7. The largest absolute Gasteiger partial charge is 0.386 e. The number of amides is 1. The summed E-state index contributed by atoms with van der Waals surface area (Å²) in [4.78, 5) is 21.1. The summed E-state index contributed by atoms with van der Waals surface area (Å²) in [5, 5.41) is 20.6. The van der Waals surface area contributed by atoms with Crippen molar-refractivity contribution < 1.29 is 14.6 Å². The molecule has 202 valence electrons. The van der Waals surface area contributed by atoms with Crippen molar-refractivity contribution in [2.45, 2.75) is 51.7 Å². The topological polar surface area (TPSA) is 92.8 Å². The number of aryl methyl sites for hydroxylation is 1. The zero-order chi connectivity index (χ0) is 27.3. The van der Waals surface area contributed by atoms with Gasteiger partial charge in [0, 0.05) is 35.3 Å². The van der Waals surface area contributed by atoms with Crippen molar-refractivity contribution in [1.29, 1.82) is 0 Å². The van der Waals surface area contributed by atoms with E-state index in [2.05, 4.69) is 29.0 Å². The summed E-state index contributed by atoms with van der Waals surface area (Å²) in [6.07, 6.45) is 2.03. The van der Waals surface area contributed by atoms with Crippen LogP contribution in [0.3, 0.4) is 0 Å². The fourth-order valence-corrected chi connectivity index (χ4v) is 6.75. The highest BCUT2D eigenvalue weighted by atomic mass is 35.5. The van der Waals surface area contributed by atoms with Crippen LogP contribution in [-0.2, 0) is 9.53 Å². The molecule has 3 aliphatic rings. The molecule has 2 aromatic heterocycles. The highest BCUT2D eigenvalue weighted by Crippen LogP contribution is 2.40. The maximum Gasteiger partial charge on any atom is 0.225 e. The third-order valence-corrected chi connectivity index (χ3v) is 8.96. The molecule has 2 fully saturated rings. The zero-order valence-corrected chi connectivity index (χ0v) is 23.8. The third-order valence-electron chi connectivity index (χ3n) is 7.51. The number of benzene rings is 1. The number of halogens is 1. The van der Waals surface area contributed by atoms with Crippen LogP contribution in [0.15, 0.2) is 29.3 Å². The predicted molar refractivity (Wildman–Crippen MR) is 151 cm³/mol. The summed E-state index contributed by atoms with van der Waals surface area (Å²) in [5.41, 5.74) is 2.88. The molecule has 5 heterocycles. The third kappa shape index (κ3) is 5.03. The molecule has 2 saturated heterocycles. The number of β-amino-alcohol motifs (C(OH)–C–C–N with tert-alkyl or cyclic N) is 1. The van der Waals surface area contributed by atoms with E-state index in [0.29, 0.717) is 29.9 Å². The van der Waals surface area contributed by atoms with Crippen LogP contribution in [0, 0.1) is 31.6 Å². The van der Waals surface area contributed by atoms with Crippen LogP contribution in [0.1, 0.15) is 65.4 Å². The van der Waals surface area contributed by atoms with Crippen molar-refractivity contribution in [3.63, 3.8) is 0 Å². The van der Waals surface area contributed by atoms with E-state index in [1.54, 1.807) is 23.2 Å². The number of aliphatic hydroxyl groups is 1. The van der Waals surface area contributed by atoms with Gasteiger partial charge in [0.15, 0.2) is 5.82 Å². The molecule has 0 saturated carbocycles. The van der Waals surface area contributed by atoms with Gasteiger partial charge in [0.1, 0.15) is 16.9 Å². The number of nitrogens with zero attached hydrogens (tertiary/aromatic N) is 5. The van der Waals surface area contributed by atoms with Gasteiger partial charge in [-0.3, -0.25) is 14.4 Å². The minimum Gasteiger partial charge on any atom is -0.386 e. The second kappa shape index (κ2) is 10.2. The Morgan fingerprint density at radius 3 is 2.62 bits per heavy atom. The van der Waals surface area contributed by atoms with E-state index in [4.69, 9.17) is 21.3 Å². The highest BCUT2D eigenvalue weighted by molar-refractivity contribution is 7.15. The Balaban J connectivity index is 1.46. The van der Waals surface area contributed by atoms with E-state index in [1.807, 2.05) is 35.8 Å². The second-order valence-corrected chi connectivity index (χ2v) is 12.2. The van der Waals surface area contributed by atoms with Gasteiger partial charge in [-0.2, -0.15) is 0 Å². The lowest BCUT2D eigenvalue weighted by atomic mass is 9.96. The van der Waals surface area contributed by atoms with Gasteiger partial charge in [-0.05, 0) is 51.3 Å². The van der Waals surface area contributed by atoms with E-state index >= 15 is 0 Å². The molecule has 10 heteroatoms. The number of fused-ring (bicyclic) bond motifs is 3. The molecule has 0 radical (unpaired) electrons. The molecular weight excluding hydrogens is 534 g/mol. The Kier molecular flexibility index (Phi) is 6.84. The van der Waals surface area contributed by atoms with Gasteiger partial charge in [-0.25, -0.2) is 0 Å². The molecule has 1 aromatic carbocycles. The second-order valence-electron chi connectivity index (χ2n) is 10.8. The summed E-state index contributed by atoms with van der Waals surface area (Å²) in [6.45, 7) is 7.89. The van der Waals surface area contributed by atoms with Crippen molar-refractivity contribution in [3.05, 3.63) is 62.5 Å². The monoisotopic (exact) mass is 563 g/mol. The number of likely N-dealkylation sites (tertiary alicyclic amines) is 1. The van der Waals surface area contributed by atoms with E-state index in [-0.39, 0.29) is 12.3 Å². The Bertz CT molecular complexity index is 1510. The molecule has 3 aromatic rings. The van der Waals surface area contributed by atoms with Crippen molar-refractivity contribution >= 4 is 34.6 Å². The van der Waals surface area contributed by atoms with Crippen LogP contribution in [-0.4, -0.2) is 68.3 Å². The number of carbonyl (C=O) groups is 1. The molecule has 1 amide bonds. The van der Waals surface area contributed by atoms with Gasteiger partial charge < -0.3 is 14.7 Å². The minimum atomic E-state index is -0.836. The van der Waals surface area contributed by atoms with Crippen LogP contribution in [0.25, 0.3) is 5.00 Å². The van der Waals surface area contributed by atoms with Crippen LogP contribution >= 0.6 is 22.9 Å². The van der Waals surface area contributed by atoms with Gasteiger partial charge in [-0.15, -0.1) is 21.5 Å². The first-order valence-corrected chi connectivity index (χ1v) is 14.4. The molecule has 39 heavy (non-hydrogen) atoms. The zero-order valence-electron chi connectivity index (χ0n) is 22.2. The Morgan fingerprint density at radius 2 is 1.92 bits per heavy atom. The Labute approximate surface area is 236 Å². The lowest BCUT2D eigenvalue weighted by molar-refractivity contribution is -0.152. The van der Waals surface area contributed by atoms with Crippen molar-refractivity contribution in [1.82, 2.24) is 19.7 Å². The molecule has 3 aliphatic heterocycles. The standard InChI is InChI=1S/C29H30ClN5O3S/c1-17-23(9-4-19-10-12-38-13-11-19)39-28-25(17)26(20-5-7-21(30)8-6-20)31-22(27-33-32-18(2)35(27)28)14-24(36)34-15-29(3,37)16-34/h5-8,19,22,37H,10-16H2,1-3H3/t22-/m0/s1. The number of aromatic nitrogens is 3. The molecule has 1 atom stereocenters. The lowest BCUT2D eigenvalue weighted by Gasteiger charge is -2.44. The first-order valence-electron chi connectivity index (χ1n) is 13.2. The number of aliphatic imine (C=N–C) groups is 1. The van der Waals surface area contributed by atoms with E-state index in [1.165, 1.54) is 0 Å². The summed E-state index contributed by atoms with van der Waals surface area (Å²) >= 11 is 7.84. The van der Waals surface area contributed by atoms with Gasteiger partial charge in [0.05, 0.1) is 35.7 Å². The van der Waals surface area contributed by atoms with E-state index in [9.17, 15) is 9.90 Å². The van der Waals surface area contributed by atoms with E-state index in [0.717, 1.165) is 64.2 Å². The predicted octanol–water partition coefficient (Wildman–Crippen LogP) is 4.25. The smallest absolute Gasteiger partial charge is 0.225 e. The fourth-order valence-electron chi connectivity index (χ4n) is 5.40. The van der Waals surface area contributed by atoms with Crippen molar-refractivity contribution in [3.8, 4) is 16.8 Å². The van der Waals surface area contributed by atoms with Crippen LogP contribution in [0.4, 0.5) is 0 Å². The van der Waals surface area contributed by atoms with E-state index < -0.39 is 11.6 Å².